The molecule has 1 fully saturated rings. The summed E-state index contributed by atoms with van der Waals surface area (Å²) in [5, 5.41) is 3.40. The Morgan fingerprint density at radius 2 is 2.36 bits per heavy atom. The highest BCUT2D eigenvalue weighted by Gasteiger charge is 2.17. The average Bonchev–Trinajstić information content (AvgIpc) is 3.16. The minimum absolute atomic E-state index is 0.242. The van der Waals surface area contributed by atoms with Crippen molar-refractivity contribution < 1.29 is 9.47 Å². The molecule has 1 aromatic carbocycles. The molecule has 0 aliphatic carbocycles. The second kappa shape index (κ2) is 7.01. The fourth-order valence-corrected chi connectivity index (χ4v) is 2.80. The summed E-state index contributed by atoms with van der Waals surface area (Å²) in [6, 6.07) is 6.35. The highest BCUT2D eigenvalue weighted by Crippen LogP contribution is 2.22. The number of aliphatic imine (C=N–C) groups is 1. The van der Waals surface area contributed by atoms with E-state index >= 15 is 0 Å². The van der Waals surface area contributed by atoms with Crippen LogP contribution in [-0.2, 0) is 11.3 Å². The minimum atomic E-state index is 0.242. The molecule has 0 aromatic heterocycles. The maximum absolute atomic E-state index is 6.03. The van der Waals surface area contributed by atoms with E-state index in [2.05, 4.69) is 47.4 Å². The Morgan fingerprint density at radius 3 is 3.09 bits per heavy atom. The van der Waals surface area contributed by atoms with Crippen LogP contribution < -0.4 is 10.1 Å². The third-order valence-corrected chi connectivity index (χ3v) is 4.17. The van der Waals surface area contributed by atoms with E-state index in [-0.39, 0.29) is 6.10 Å². The predicted molar refractivity (Wildman–Crippen MR) is 87.4 cm³/mol. The van der Waals surface area contributed by atoms with Gasteiger partial charge in [-0.15, -0.1) is 0 Å². The molecule has 3 rings (SSSR count). The standard InChI is InChI=1S/C17H25N3O2/c1-13-5-6-14(11-19-17-18-7-8-20(17)2)16(10-13)22-12-15-4-3-9-21-15/h5-6,10,15H,3-4,7-9,11-12H2,1-2H3,(H,18,19). The average molecular weight is 303 g/mol. The Bertz CT molecular complexity index is 539. The summed E-state index contributed by atoms with van der Waals surface area (Å²) in [7, 11) is 2.06. The minimum Gasteiger partial charge on any atom is -0.491 e. The lowest BCUT2D eigenvalue weighted by atomic mass is 10.1. The SMILES string of the molecule is Cc1ccc(CNC2=NCCN2C)c(OCC2CCCO2)c1. The highest BCUT2D eigenvalue weighted by molar-refractivity contribution is 5.81. The van der Waals surface area contributed by atoms with E-state index in [0.717, 1.165) is 56.4 Å². The Morgan fingerprint density at radius 1 is 1.45 bits per heavy atom. The molecule has 1 saturated heterocycles. The zero-order valence-corrected chi connectivity index (χ0v) is 13.5. The lowest BCUT2D eigenvalue weighted by Gasteiger charge is -2.18. The second-order valence-electron chi connectivity index (χ2n) is 6.04. The van der Waals surface area contributed by atoms with Gasteiger partial charge >= 0.3 is 0 Å². The second-order valence-corrected chi connectivity index (χ2v) is 6.04. The number of ether oxygens (including phenoxy) is 2. The van der Waals surface area contributed by atoms with Crippen LogP contribution in [0, 0.1) is 6.92 Å². The van der Waals surface area contributed by atoms with Gasteiger partial charge in [0.15, 0.2) is 5.96 Å². The van der Waals surface area contributed by atoms with Gasteiger partial charge in [-0.05, 0) is 31.4 Å². The molecule has 0 bridgehead atoms. The molecule has 0 radical (unpaired) electrons. The van der Waals surface area contributed by atoms with Gasteiger partial charge in [0, 0.05) is 32.3 Å². The lowest BCUT2D eigenvalue weighted by molar-refractivity contribution is 0.0676. The molecule has 120 valence electrons. The molecule has 1 atom stereocenters. The van der Waals surface area contributed by atoms with Crippen LogP contribution in [0.3, 0.4) is 0 Å². The van der Waals surface area contributed by atoms with E-state index in [1.807, 2.05) is 0 Å². The van der Waals surface area contributed by atoms with Gasteiger partial charge in [0.25, 0.3) is 0 Å². The molecule has 2 aliphatic heterocycles. The van der Waals surface area contributed by atoms with Crippen LogP contribution >= 0.6 is 0 Å². The van der Waals surface area contributed by atoms with Crippen molar-refractivity contribution in [2.24, 2.45) is 4.99 Å². The van der Waals surface area contributed by atoms with Crippen LogP contribution in [0.1, 0.15) is 24.0 Å². The normalized spacial score (nSPS) is 21.1. The van der Waals surface area contributed by atoms with Gasteiger partial charge in [0.05, 0.1) is 12.6 Å². The summed E-state index contributed by atoms with van der Waals surface area (Å²) >= 11 is 0. The van der Waals surface area contributed by atoms with E-state index in [1.54, 1.807) is 0 Å². The first-order valence-electron chi connectivity index (χ1n) is 8.06. The highest BCUT2D eigenvalue weighted by atomic mass is 16.5. The number of aryl methyl sites for hydroxylation is 1. The maximum atomic E-state index is 6.03. The molecule has 5 nitrogen and oxygen atoms in total. The van der Waals surface area contributed by atoms with Crippen molar-refractivity contribution in [3.8, 4) is 5.75 Å². The monoisotopic (exact) mass is 303 g/mol. The van der Waals surface area contributed by atoms with E-state index < -0.39 is 0 Å². The van der Waals surface area contributed by atoms with Gasteiger partial charge in [-0.1, -0.05) is 12.1 Å². The summed E-state index contributed by atoms with van der Waals surface area (Å²) in [5.41, 5.74) is 2.37. The number of likely N-dealkylation sites (N-methyl/N-ethyl adjacent to an activating group) is 1. The number of hydrogen-bond donors (Lipinski definition) is 1. The Balaban J connectivity index is 1.61. The predicted octanol–water partition coefficient (Wildman–Crippen LogP) is 1.94. The van der Waals surface area contributed by atoms with Crippen LogP contribution in [0.15, 0.2) is 23.2 Å². The molecular formula is C17H25N3O2. The first-order valence-corrected chi connectivity index (χ1v) is 8.06. The van der Waals surface area contributed by atoms with E-state index in [1.165, 1.54) is 5.56 Å². The van der Waals surface area contributed by atoms with Gasteiger partial charge in [0.2, 0.25) is 0 Å². The van der Waals surface area contributed by atoms with Gasteiger partial charge in [-0.3, -0.25) is 4.99 Å². The number of guanidine groups is 1. The molecular weight excluding hydrogens is 278 g/mol. The van der Waals surface area contributed by atoms with E-state index in [4.69, 9.17) is 9.47 Å². The first kappa shape index (κ1) is 15.2. The fourth-order valence-electron chi connectivity index (χ4n) is 2.80. The number of nitrogens with zero attached hydrogens (tertiary/aromatic N) is 2. The number of hydrogen-bond acceptors (Lipinski definition) is 5. The number of rotatable bonds is 5. The van der Waals surface area contributed by atoms with Crippen LogP contribution in [-0.4, -0.2) is 50.3 Å². The molecule has 1 unspecified atom stereocenters. The van der Waals surface area contributed by atoms with Gasteiger partial charge in [-0.2, -0.15) is 0 Å². The van der Waals surface area contributed by atoms with E-state index in [9.17, 15) is 0 Å². The van der Waals surface area contributed by atoms with Crippen LogP contribution in [0.2, 0.25) is 0 Å². The quantitative estimate of drug-likeness (QED) is 0.903. The van der Waals surface area contributed by atoms with Crippen molar-refractivity contribution in [1.29, 1.82) is 0 Å². The van der Waals surface area contributed by atoms with Crippen LogP contribution in [0.25, 0.3) is 0 Å². The van der Waals surface area contributed by atoms with Crippen molar-refractivity contribution in [3.63, 3.8) is 0 Å². The van der Waals surface area contributed by atoms with Gasteiger partial charge in [-0.25, -0.2) is 0 Å². The van der Waals surface area contributed by atoms with Crippen LogP contribution in [0.5, 0.6) is 5.75 Å². The lowest BCUT2D eigenvalue weighted by Crippen LogP contribution is -2.35. The van der Waals surface area contributed by atoms with Crippen molar-refractivity contribution >= 4 is 5.96 Å². The fraction of sp³-hybridized carbons (Fsp3) is 0.588. The first-order chi connectivity index (χ1) is 10.7. The van der Waals surface area contributed by atoms with Gasteiger partial charge < -0.3 is 19.7 Å². The summed E-state index contributed by atoms with van der Waals surface area (Å²) in [6.07, 6.45) is 2.48. The van der Waals surface area contributed by atoms with E-state index in [0.29, 0.717) is 6.61 Å². The van der Waals surface area contributed by atoms with Crippen molar-refractivity contribution in [1.82, 2.24) is 10.2 Å². The summed E-state index contributed by atoms with van der Waals surface area (Å²) in [4.78, 5) is 6.60. The summed E-state index contributed by atoms with van der Waals surface area (Å²) < 4.78 is 11.7. The molecule has 22 heavy (non-hydrogen) atoms. The van der Waals surface area contributed by atoms with Crippen molar-refractivity contribution in [2.75, 3.05) is 33.4 Å². The Hall–Kier alpha value is -1.75. The molecule has 0 amide bonds. The zero-order valence-electron chi connectivity index (χ0n) is 13.5. The van der Waals surface area contributed by atoms with Crippen molar-refractivity contribution in [3.05, 3.63) is 29.3 Å². The number of benzene rings is 1. The topological polar surface area (TPSA) is 46.1 Å². The molecule has 2 aliphatic rings. The molecule has 5 heteroatoms. The summed E-state index contributed by atoms with van der Waals surface area (Å²) in [6.45, 7) is 6.17. The zero-order chi connectivity index (χ0) is 15.4. The molecule has 0 spiro atoms. The Kier molecular flexibility index (Phi) is 4.83. The summed E-state index contributed by atoms with van der Waals surface area (Å²) in [5.74, 6) is 1.91. The van der Waals surface area contributed by atoms with Crippen molar-refractivity contribution in [2.45, 2.75) is 32.4 Å². The Labute approximate surface area is 132 Å². The number of nitrogens with one attached hydrogen (secondary N) is 1. The maximum Gasteiger partial charge on any atom is 0.194 e. The molecule has 1 aromatic rings. The third-order valence-electron chi connectivity index (χ3n) is 4.17. The smallest absolute Gasteiger partial charge is 0.194 e. The third kappa shape index (κ3) is 3.71. The molecule has 1 N–H and O–H groups in total. The van der Waals surface area contributed by atoms with Crippen LogP contribution in [0.4, 0.5) is 0 Å². The largest absolute Gasteiger partial charge is 0.491 e. The molecule has 0 saturated carbocycles. The van der Waals surface area contributed by atoms with Gasteiger partial charge in [0.1, 0.15) is 12.4 Å². The molecule has 2 heterocycles.